The molecule has 0 saturated heterocycles. The molecule has 0 aliphatic heterocycles. The van der Waals surface area contributed by atoms with Crippen molar-refractivity contribution in [2.24, 2.45) is 0 Å². The van der Waals surface area contributed by atoms with Gasteiger partial charge in [0.15, 0.2) is 5.65 Å². The number of aromatic carboxylic acids is 1. The second-order valence-corrected chi connectivity index (χ2v) is 6.16. The lowest BCUT2D eigenvalue weighted by atomic mass is 10.1. The van der Waals surface area contributed by atoms with Gasteiger partial charge in [0.25, 0.3) is 0 Å². The lowest BCUT2D eigenvalue weighted by molar-refractivity contribution is 0.0696. The zero-order valence-corrected chi connectivity index (χ0v) is 14.7. The highest BCUT2D eigenvalue weighted by Gasteiger charge is 2.09. The van der Waals surface area contributed by atoms with Crippen LogP contribution in [0.5, 0.6) is 5.75 Å². The topological polar surface area (TPSA) is 108 Å². The summed E-state index contributed by atoms with van der Waals surface area (Å²) < 4.78 is 0. The Morgan fingerprint density at radius 3 is 2.54 bits per heavy atom. The highest BCUT2D eigenvalue weighted by Crippen LogP contribution is 2.22. The maximum absolute atomic E-state index is 11.3. The van der Waals surface area contributed by atoms with Gasteiger partial charge in [0.2, 0.25) is 0 Å². The van der Waals surface area contributed by atoms with E-state index in [4.69, 9.17) is 0 Å². The van der Waals surface area contributed by atoms with Gasteiger partial charge in [-0.3, -0.25) is 4.98 Å². The highest BCUT2D eigenvalue weighted by molar-refractivity contribution is 5.89. The third kappa shape index (κ3) is 3.59. The number of carbonyl (C=O) groups is 1. The van der Waals surface area contributed by atoms with Crippen molar-refractivity contribution in [3.05, 3.63) is 78.0 Å². The fraction of sp³-hybridized carbons (Fsp3) is 0.0476. The summed E-state index contributed by atoms with van der Waals surface area (Å²) in [6.07, 6.45) is 1.66. The molecule has 0 radical (unpaired) electrons. The van der Waals surface area contributed by atoms with Crippen molar-refractivity contribution in [2.75, 3.05) is 5.32 Å². The molecular formula is C21H16N4O3. The summed E-state index contributed by atoms with van der Waals surface area (Å²) in [7, 11) is 0. The summed E-state index contributed by atoms with van der Waals surface area (Å²) in [6.45, 7) is 0.325. The number of nitrogens with zero attached hydrogens (tertiary/aromatic N) is 3. The molecule has 0 saturated carbocycles. The molecular weight excluding hydrogens is 356 g/mol. The minimum Gasteiger partial charge on any atom is -0.508 e. The minimum absolute atomic E-state index is 0.184. The van der Waals surface area contributed by atoms with Crippen LogP contribution in [0.3, 0.4) is 0 Å². The van der Waals surface area contributed by atoms with E-state index in [0.717, 1.165) is 5.56 Å². The maximum atomic E-state index is 11.3. The number of benzene rings is 2. The lowest BCUT2D eigenvalue weighted by Crippen LogP contribution is -2.08. The van der Waals surface area contributed by atoms with Gasteiger partial charge in [-0.2, -0.15) is 0 Å². The van der Waals surface area contributed by atoms with E-state index in [2.05, 4.69) is 20.3 Å². The maximum Gasteiger partial charge on any atom is 0.336 e. The molecule has 2 aromatic heterocycles. The SMILES string of the molecule is O=C(O)c1ccccc1CNc1ccc2ncc(-c3ccc(O)cc3)nc2n1. The molecule has 2 heterocycles. The number of hydrogen-bond donors (Lipinski definition) is 3. The first-order valence-corrected chi connectivity index (χ1v) is 8.58. The summed E-state index contributed by atoms with van der Waals surface area (Å²) >= 11 is 0. The molecule has 7 heteroatoms. The standard InChI is InChI=1S/C21H16N4O3/c26-15-7-5-13(6-8-15)18-12-22-17-9-10-19(25-20(17)24-18)23-11-14-3-1-2-4-16(14)21(27)28/h1-10,12,26H,11H2,(H,27,28)(H,23,24,25). The van der Waals surface area contributed by atoms with Crippen LogP contribution in [0, 0.1) is 0 Å². The van der Waals surface area contributed by atoms with Crippen molar-refractivity contribution in [2.45, 2.75) is 6.54 Å². The van der Waals surface area contributed by atoms with E-state index in [1.54, 1.807) is 66.9 Å². The zero-order chi connectivity index (χ0) is 19.5. The van der Waals surface area contributed by atoms with Crippen molar-refractivity contribution in [3.63, 3.8) is 0 Å². The number of anilines is 1. The summed E-state index contributed by atoms with van der Waals surface area (Å²) in [5.41, 5.74) is 3.52. The number of aromatic hydroxyl groups is 1. The first-order chi connectivity index (χ1) is 13.6. The van der Waals surface area contributed by atoms with Gasteiger partial charge in [-0.05, 0) is 48.0 Å². The Kier molecular flexibility index (Phi) is 4.55. The summed E-state index contributed by atoms with van der Waals surface area (Å²) in [6, 6.07) is 17.1. The number of phenolic OH excluding ortho intramolecular Hbond substituents is 1. The van der Waals surface area contributed by atoms with Crippen molar-refractivity contribution in [3.8, 4) is 17.0 Å². The third-order valence-electron chi connectivity index (χ3n) is 4.28. The number of phenols is 1. The largest absolute Gasteiger partial charge is 0.508 e. The lowest BCUT2D eigenvalue weighted by Gasteiger charge is -2.09. The average Bonchev–Trinajstić information content (AvgIpc) is 2.72. The van der Waals surface area contributed by atoms with Gasteiger partial charge in [0.1, 0.15) is 17.1 Å². The van der Waals surface area contributed by atoms with Gasteiger partial charge in [-0.25, -0.2) is 14.8 Å². The average molecular weight is 372 g/mol. The van der Waals surface area contributed by atoms with E-state index in [9.17, 15) is 15.0 Å². The normalized spacial score (nSPS) is 10.7. The highest BCUT2D eigenvalue weighted by atomic mass is 16.4. The molecule has 0 amide bonds. The van der Waals surface area contributed by atoms with E-state index in [0.29, 0.717) is 34.8 Å². The number of rotatable bonds is 5. The molecule has 7 nitrogen and oxygen atoms in total. The van der Waals surface area contributed by atoms with Gasteiger partial charge in [0, 0.05) is 12.1 Å². The fourth-order valence-electron chi connectivity index (χ4n) is 2.84. The molecule has 0 unspecified atom stereocenters. The van der Waals surface area contributed by atoms with E-state index < -0.39 is 5.97 Å². The molecule has 0 atom stereocenters. The Labute approximate surface area is 160 Å². The molecule has 0 aliphatic carbocycles. The van der Waals surface area contributed by atoms with Crippen LogP contribution in [-0.4, -0.2) is 31.1 Å². The van der Waals surface area contributed by atoms with E-state index >= 15 is 0 Å². The molecule has 138 valence electrons. The van der Waals surface area contributed by atoms with Crippen LogP contribution in [-0.2, 0) is 6.54 Å². The number of pyridine rings is 1. The molecule has 0 fully saturated rings. The molecule has 2 aromatic carbocycles. The Morgan fingerprint density at radius 2 is 1.75 bits per heavy atom. The van der Waals surface area contributed by atoms with Crippen molar-refractivity contribution in [1.29, 1.82) is 0 Å². The molecule has 0 spiro atoms. The second-order valence-electron chi connectivity index (χ2n) is 6.16. The number of hydrogen-bond acceptors (Lipinski definition) is 6. The van der Waals surface area contributed by atoms with Crippen LogP contribution in [0.1, 0.15) is 15.9 Å². The first kappa shape index (κ1) is 17.4. The second kappa shape index (κ2) is 7.32. The molecule has 3 N–H and O–H groups in total. The predicted octanol–water partition coefficient (Wildman–Crippen LogP) is 3.71. The number of fused-ring (bicyclic) bond motifs is 1. The van der Waals surface area contributed by atoms with Crippen molar-refractivity contribution in [1.82, 2.24) is 15.0 Å². The molecule has 0 aliphatic rings. The van der Waals surface area contributed by atoms with Crippen molar-refractivity contribution < 1.29 is 15.0 Å². The Bertz CT molecular complexity index is 1160. The predicted molar refractivity (Wildman–Crippen MR) is 105 cm³/mol. The zero-order valence-electron chi connectivity index (χ0n) is 14.7. The number of aromatic nitrogens is 3. The van der Waals surface area contributed by atoms with Crippen LogP contribution in [0.25, 0.3) is 22.4 Å². The van der Waals surface area contributed by atoms with E-state index in [-0.39, 0.29) is 11.3 Å². The van der Waals surface area contributed by atoms with Crippen LogP contribution in [0.15, 0.2) is 66.9 Å². The Balaban J connectivity index is 1.60. The van der Waals surface area contributed by atoms with E-state index in [1.807, 2.05) is 0 Å². The quantitative estimate of drug-likeness (QED) is 0.490. The minimum atomic E-state index is -0.965. The van der Waals surface area contributed by atoms with Gasteiger partial charge < -0.3 is 15.5 Å². The van der Waals surface area contributed by atoms with Gasteiger partial charge >= 0.3 is 5.97 Å². The number of carboxylic acid groups (broad SMARTS) is 1. The van der Waals surface area contributed by atoms with Crippen molar-refractivity contribution >= 4 is 23.0 Å². The third-order valence-corrected chi connectivity index (χ3v) is 4.28. The molecule has 28 heavy (non-hydrogen) atoms. The molecule has 0 bridgehead atoms. The smallest absolute Gasteiger partial charge is 0.336 e. The molecule has 4 rings (SSSR count). The Hall–Kier alpha value is -4.00. The van der Waals surface area contributed by atoms with Gasteiger partial charge in [-0.15, -0.1) is 0 Å². The number of nitrogens with one attached hydrogen (secondary N) is 1. The molecule has 4 aromatic rings. The van der Waals surface area contributed by atoms with E-state index in [1.165, 1.54) is 0 Å². The van der Waals surface area contributed by atoms with Gasteiger partial charge in [0.05, 0.1) is 17.5 Å². The van der Waals surface area contributed by atoms with Gasteiger partial charge in [-0.1, -0.05) is 18.2 Å². The Morgan fingerprint density at radius 1 is 0.964 bits per heavy atom. The summed E-state index contributed by atoms with van der Waals surface area (Å²) in [5.74, 6) is -0.207. The number of carboxylic acids is 1. The van der Waals surface area contributed by atoms with Crippen LogP contribution in [0.2, 0.25) is 0 Å². The monoisotopic (exact) mass is 372 g/mol. The fourth-order valence-corrected chi connectivity index (χ4v) is 2.84. The van der Waals surface area contributed by atoms with Crippen LogP contribution < -0.4 is 5.32 Å². The van der Waals surface area contributed by atoms with Crippen LogP contribution in [0.4, 0.5) is 5.82 Å². The van der Waals surface area contributed by atoms with Crippen LogP contribution >= 0.6 is 0 Å². The summed E-state index contributed by atoms with van der Waals surface area (Å²) in [5, 5.41) is 21.8. The summed E-state index contributed by atoms with van der Waals surface area (Å²) in [4.78, 5) is 24.7. The first-order valence-electron chi connectivity index (χ1n) is 8.58.